The fraction of sp³-hybridized carbons (Fsp3) is 0.222. The van der Waals surface area contributed by atoms with Crippen LogP contribution in [0.1, 0.15) is 79.0 Å². The van der Waals surface area contributed by atoms with Gasteiger partial charge in [0.25, 0.3) is 17.3 Å². The van der Waals surface area contributed by atoms with Gasteiger partial charge in [0.2, 0.25) is 5.69 Å². The molecule has 0 spiro atoms. The van der Waals surface area contributed by atoms with E-state index in [2.05, 4.69) is 48.9 Å². The normalized spacial score (nSPS) is 15.3. The summed E-state index contributed by atoms with van der Waals surface area (Å²) < 4.78 is 97.5. The molecule has 0 amide bonds. The van der Waals surface area contributed by atoms with Gasteiger partial charge in [0.05, 0.1) is 17.2 Å². The van der Waals surface area contributed by atoms with Gasteiger partial charge in [0.1, 0.15) is 11.5 Å². The Morgan fingerprint density at radius 1 is 0.774 bits per heavy atom. The Morgan fingerprint density at radius 2 is 1.49 bits per heavy atom. The summed E-state index contributed by atoms with van der Waals surface area (Å²) in [5.41, 5.74) is 1.12. The molecule has 1 aliphatic rings. The van der Waals surface area contributed by atoms with Crippen molar-refractivity contribution in [3.8, 4) is 5.82 Å². The molecule has 0 radical (unpaired) electrons. The van der Waals surface area contributed by atoms with Crippen LogP contribution in [0.5, 0.6) is 0 Å². The number of benzene rings is 4. The molecule has 4 heterocycles. The summed E-state index contributed by atoms with van der Waals surface area (Å²) in [4.78, 5) is 9.00. The second-order valence-electron chi connectivity index (χ2n) is 15.0. The van der Waals surface area contributed by atoms with Gasteiger partial charge in [-0.25, -0.2) is 13.8 Å². The van der Waals surface area contributed by atoms with Crippen LogP contribution < -0.4 is 9.15 Å². The third kappa shape index (κ3) is 6.37. The summed E-state index contributed by atoms with van der Waals surface area (Å²) in [5, 5.41) is 1.52. The fourth-order valence-corrected chi connectivity index (χ4v) is 6.46. The number of fused-ring (bicyclic) bond motifs is 4. The van der Waals surface area contributed by atoms with Crippen molar-refractivity contribution in [1.82, 2.24) is 23.7 Å². The van der Waals surface area contributed by atoms with E-state index in [1.165, 1.54) is 21.3 Å². The molecule has 8 heteroatoms. The number of aromatic nitrogens is 3. The molecule has 266 valence electrons. The summed E-state index contributed by atoms with van der Waals surface area (Å²) in [6.45, 7) is 9.11. The van der Waals surface area contributed by atoms with Crippen molar-refractivity contribution in [2.75, 3.05) is 0 Å². The predicted molar refractivity (Wildman–Crippen MR) is 206 cm³/mol. The summed E-state index contributed by atoms with van der Waals surface area (Å²) in [7, 11) is 0. The molecule has 8 rings (SSSR count). The Kier molecular flexibility index (Phi) is 7.02. The van der Waals surface area contributed by atoms with Crippen molar-refractivity contribution in [3.63, 3.8) is 0 Å². The number of rotatable bonds is 5. The van der Waals surface area contributed by atoms with E-state index in [1.54, 1.807) is 55.0 Å². The maximum absolute atomic E-state index is 17.3. The van der Waals surface area contributed by atoms with Crippen molar-refractivity contribution in [1.29, 1.82) is 0 Å². The summed E-state index contributed by atoms with van der Waals surface area (Å²) in [6.07, 6.45) is 5.06. The number of pyridine rings is 2. The molecule has 0 fully saturated rings. The average Bonchev–Trinajstić information content (AvgIpc) is 3.72. The van der Waals surface area contributed by atoms with E-state index in [-0.39, 0.29) is 37.9 Å². The molecule has 0 aliphatic carbocycles. The Bertz CT molecular complexity index is 2950. The topological polar surface area (TPSA) is 36.7 Å². The van der Waals surface area contributed by atoms with Crippen molar-refractivity contribution in [2.24, 2.45) is 0 Å². The van der Waals surface area contributed by atoms with Crippen LogP contribution in [0.2, 0.25) is 0 Å². The molecule has 7 aromatic rings. The Balaban J connectivity index is 0.00000544. The standard InChI is InChI=1S/C45H39F2N5.Pt/c1-29-12-15-34(16-13-29)50-28-51(39-11-9-8-10-38(39)50)35-23-32(44(5,6)7)22-33(24-35)45(46,47)31-14-17-36-37-19-20-48-27-41(37)52(40(36)25-31)42-26-30(18-21-49-42)43(2,3)4;/h8-23,26-27H,1-7H3;/q;+2/i1D3,12D,13D,15D,16D;. The van der Waals surface area contributed by atoms with Gasteiger partial charge in [-0.15, -0.1) is 17.0 Å². The monoisotopic (exact) mass is 889 g/mol. The van der Waals surface area contributed by atoms with Gasteiger partial charge in [-0.2, -0.15) is 18.2 Å². The van der Waals surface area contributed by atoms with Gasteiger partial charge < -0.3 is 4.57 Å². The maximum atomic E-state index is 17.3. The Morgan fingerprint density at radius 3 is 2.19 bits per heavy atom. The SMILES string of the molecule is [2H]c1c([2H])c(C([2H])([2H])[2H])c([2H])c([2H])c1[N+]1=C=[N+](c2[c-]c(C(F)(F)c3[c-]c4c(cc3)c3ccncc3n4-c3cc(C(C)(C)C)ccn3)cc(C(C)(C)C)c2)c2ccccc21.[Pt+2]. The molecule has 0 atom stereocenters. The molecule has 5 nitrogen and oxygen atoms in total. The van der Waals surface area contributed by atoms with E-state index in [0.717, 1.165) is 10.9 Å². The van der Waals surface area contributed by atoms with Crippen molar-refractivity contribution < 1.29 is 39.4 Å². The fourth-order valence-electron chi connectivity index (χ4n) is 6.46. The first-order valence-electron chi connectivity index (χ1n) is 20.4. The third-order valence-corrected chi connectivity index (χ3v) is 9.36. The predicted octanol–water partition coefficient (Wildman–Crippen LogP) is 11.1. The maximum Gasteiger partial charge on any atom is 2.00 e. The van der Waals surface area contributed by atoms with Crippen LogP contribution in [0.3, 0.4) is 0 Å². The molecule has 0 saturated carbocycles. The minimum atomic E-state index is -3.63. The molecule has 4 aromatic carbocycles. The molecular weight excluding hydrogens is 844 g/mol. The van der Waals surface area contributed by atoms with Crippen LogP contribution in [0.25, 0.3) is 27.6 Å². The first kappa shape index (κ1) is 28.4. The van der Waals surface area contributed by atoms with Crippen molar-refractivity contribution >= 4 is 50.6 Å². The van der Waals surface area contributed by atoms with E-state index in [0.29, 0.717) is 39.2 Å². The number of hydrogen-bond donors (Lipinski definition) is 0. The van der Waals surface area contributed by atoms with Crippen LogP contribution in [0.15, 0.2) is 109 Å². The molecule has 0 bridgehead atoms. The number of alkyl halides is 2. The quantitative estimate of drug-likeness (QED) is 0.128. The van der Waals surface area contributed by atoms with Gasteiger partial charge in [-0.05, 0) is 51.4 Å². The summed E-state index contributed by atoms with van der Waals surface area (Å²) >= 11 is 0. The van der Waals surface area contributed by atoms with Gasteiger partial charge in [0, 0.05) is 40.7 Å². The molecule has 0 unspecified atom stereocenters. The molecular formula is C45H39F2N5Pt+2. The zero-order valence-corrected chi connectivity index (χ0v) is 32.2. The largest absolute Gasteiger partial charge is 2.00 e. The van der Waals surface area contributed by atoms with Gasteiger partial charge in [-0.3, -0.25) is 4.98 Å². The first-order valence-corrected chi connectivity index (χ1v) is 16.9. The zero-order valence-electron chi connectivity index (χ0n) is 36.9. The second kappa shape index (κ2) is 13.1. The molecule has 0 N–H and O–H groups in total. The summed E-state index contributed by atoms with van der Waals surface area (Å²) in [5.74, 6) is -3.08. The van der Waals surface area contributed by atoms with Crippen molar-refractivity contribution in [2.45, 2.75) is 65.1 Å². The van der Waals surface area contributed by atoms with Crippen LogP contribution in [0.4, 0.5) is 31.5 Å². The molecule has 1 aliphatic heterocycles. The van der Waals surface area contributed by atoms with Crippen LogP contribution >= 0.6 is 0 Å². The molecule has 0 saturated heterocycles. The smallest absolute Gasteiger partial charge is 0.318 e. The van der Waals surface area contributed by atoms with E-state index >= 15 is 8.78 Å². The zero-order chi connectivity index (χ0) is 42.6. The van der Waals surface area contributed by atoms with E-state index < -0.39 is 59.0 Å². The van der Waals surface area contributed by atoms with E-state index in [1.807, 2.05) is 43.5 Å². The van der Waals surface area contributed by atoms with Gasteiger partial charge >= 0.3 is 27.1 Å². The van der Waals surface area contributed by atoms with Crippen molar-refractivity contribution in [3.05, 3.63) is 149 Å². The number of hydrogen-bond acceptors (Lipinski definition) is 2. The minimum absolute atomic E-state index is 0. The first-order chi connectivity index (χ1) is 27.6. The Labute approximate surface area is 333 Å². The van der Waals surface area contributed by atoms with E-state index in [9.17, 15) is 0 Å². The molecule has 53 heavy (non-hydrogen) atoms. The van der Waals surface area contributed by atoms with Crippen LogP contribution in [-0.4, -0.2) is 20.5 Å². The number of halogens is 2. The minimum Gasteiger partial charge on any atom is -0.318 e. The second-order valence-corrected chi connectivity index (χ2v) is 15.0. The number of para-hydroxylation sites is 2. The van der Waals surface area contributed by atoms with E-state index in [4.69, 9.17) is 9.60 Å². The summed E-state index contributed by atoms with van der Waals surface area (Å²) in [6, 6.07) is 25.3. The third-order valence-electron chi connectivity index (χ3n) is 9.36. The van der Waals surface area contributed by atoms with Crippen LogP contribution in [0, 0.1) is 19.0 Å². The number of nitrogens with zero attached hydrogens (tertiary/aromatic N) is 5. The van der Waals surface area contributed by atoms with Gasteiger partial charge in [-0.1, -0.05) is 105 Å². The van der Waals surface area contributed by atoms with Crippen LogP contribution in [-0.2, 0) is 37.8 Å². The van der Waals surface area contributed by atoms with Gasteiger partial charge in [0.15, 0.2) is 0 Å². The average molecular weight is 890 g/mol. The molecule has 3 aromatic heterocycles. The Hall–Kier alpha value is -5.09.